The molecule has 2 atom stereocenters. The van der Waals surface area contributed by atoms with E-state index < -0.39 is 17.9 Å². The van der Waals surface area contributed by atoms with Crippen molar-refractivity contribution in [2.75, 3.05) is 6.54 Å². The maximum Gasteiger partial charge on any atom is 0.326 e. The molecular formula is C19H22N2O4S2. The topological polar surface area (TPSA) is 86.7 Å². The monoisotopic (exact) mass is 406 g/mol. The second-order valence-electron chi connectivity index (χ2n) is 6.26. The van der Waals surface area contributed by atoms with Crippen LogP contribution in [0.2, 0.25) is 0 Å². The average molecular weight is 407 g/mol. The van der Waals surface area contributed by atoms with Crippen LogP contribution in [-0.2, 0) is 14.4 Å². The van der Waals surface area contributed by atoms with Crippen molar-refractivity contribution < 1.29 is 19.5 Å². The van der Waals surface area contributed by atoms with Crippen LogP contribution in [-0.4, -0.2) is 44.7 Å². The molecule has 8 heteroatoms. The number of hydrogen-bond donors (Lipinski definition) is 2. The molecule has 1 aliphatic heterocycles. The van der Waals surface area contributed by atoms with E-state index in [1.807, 2.05) is 37.3 Å². The standard InChI is InChI=1S/C19H22N2O4S2/c1-3-12(2)16(18(24)25)20-15(22)9-10-21-17(23)14(27-19(21)26)11-13-7-5-4-6-8-13/h4-8,11-12,16H,3,9-10H2,1-2H3,(H,20,22)(H,24,25)/b14-11+/t12-,16-/m1/s1. The highest BCUT2D eigenvalue weighted by atomic mass is 32.2. The fraction of sp³-hybridized carbons (Fsp3) is 0.368. The van der Waals surface area contributed by atoms with Crippen LogP contribution in [0.25, 0.3) is 6.08 Å². The Kier molecular flexibility index (Phi) is 7.55. The molecule has 1 aromatic rings. The van der Waals surface area contributed by atoms with Crippen molar-refractivity contribution in [3.63, 3.8) is 0 Å². The molecule has 0 spiro atoms. The molecule has 1 aromatic carbocycles. The van der Waals surface area contributed by atoms with Gasteiger partial charge in [0.25, 0.3) is 5.91 Å². The number of nitrogens with one attached hydrogen (secondary N) is 1. The minimum absolute atomic E-state index is 0.00866. The molecule has 1 aliphatic rings. The number of nitrogens with zero attached hydrogens (tertiary/aromatic N) is 1. The first-order valence-corrected chi connectivity index (χ1v) is 9.88. The van der Waals surface area contributed by atoms with Crippen LogP contribution >= 0.6 is 24.0 Å². The minimum Gasteiger partial charge on any atom is -0.480 e. The summed E-state index contributed by atoms with van der Waals surface area (Å²) in [4.78, 5) is 37.9. The first kappa shape index (κ1) is 21.1. The van der Waals surface area contributed by atoms with Crippen molar-refractivity contribution in [1.29, 1.82) is 0 Å². The zero-order chi connectivity index (χ0) is 20.0. The Morgan fingerprint density at radius 1 is 1.33 bits per heavy atom. The third-order valence-electron chi connectivity index (χ3n) is 4.33. The van der Waals surface area contributed by atoms with E-state index in [2.05, 4.69) is 5.32 Å². The number of aliphatic carboxylic acids is 1. The number of thioether (sulfide) groups is 1. The fourth-order valence-corrected chi connectivity index (χ4v) is 3.84. The van der Waals surface area contributed by atoms with Gasteiger partial charge in [-0.25, -0.2) is 4.79 Å². The van der Waals surface area contributed by atoms with E-state index in [0.717, 1.165) is 5.56 Å². The zero-order valence-corrected chi connectivity index (χ0v) is 16.8. The SMILES string of the molecule is CC[C@@H](C)[C@@H](NC(=O)CCN1C(=O)/C(=C\c2ccccc2)SC1=S)C(=O)O. The highest BCUT2D eigenvalue weighted by Gasteiger charge is 2.32. The van der Waals surface area contributed by atoms with Gasteiger partial charge in [0.1, 0.15) is 10.4 Å². The first-order chi connectivity index (χ1) is 12.8. The van der Waals surface area contributed by atoms with Crippen LogP contribution in [0.1, 0.15) is 32.3 Å². The quantitative estimate of drug-likeness (QED) is 0.510. The van der Waals surface area contributed by atoms with Gasteiger partial charge in [-0.05, 0) is 17.6 Å². The summed E-state index contributed by atoms with van der Waals surface area (Å²) in [5.41, 5.74) is 0.897. The molecule has 0 aromatic heterocycles. The summed E-state index contributed by atoms with van der Waals surface area (Å²) in [5, 5.41) is 11.8. The second-order valence-corrected chi connectivity index (χ2v) is 7.94. The van der Waals surface area contributed by atoms with Crippen molar-refractivity contribution in [2.45, 2.75) is 32.7 Å². The number of rotatable bonds is 8. The Bertz CT molecular complexity index is 764. The Morgan fingerprint density at radius 2 is 2.00 bits per heavy atom. The number of carboxylic acids is 1. The third-order valence-corrected chi connectivity index (χ3v) is 5.71. The van der Waals surface area contributed by atoms with Crippen LogP contribution in [0, 0.1) is 5.92 Å². The van der Waals surface area contributed by atoms with Gasteiger partial charge in [0.2, 0.25) is 5.91 Å². The summed E-state index contributed by atoms with van der Waals surface area (Å²) >= 11 is 6.45. The predicted molar refractivity (Wildman–Crippen MR) is 110 cm³/mol. The Hall–Kier alpha value is -2.19. The maximum atomic E-state index is 12.5. The molecular weight excluding hydrogens is 384 g/mol. The van der Waals surface area contributed by atoms with Crippen LogP contribution in [0.3, 0.4) is 0 Å². The number of thiocarbonyl (C=S) groups is 1. The largest absolute Gasteiger partial charge is 0.480 e. The highest BCUT2D eigenvalue weighted by Crippen LogP contribution is 2.32. The van der Waals surface area contributed by atoms with Crippen molar-refractivity contribution in [3.05, 3.63) is 40.8 Å². The molecule has 2 N–H and O–H groups in total. The van der Waals surface area contributed by atoms with E-state index in [9.17, 15) is 19.5 Å². The fourth-order valence-electron chi connectivity index (χ4n) is 2.54. The molecule has 6 nitrogen and oxygen atoms in total. The molecule has 0 saturated carbocycles. The summed E-state index contributed by atoms with van der Waals surface area (Å²) in [7, 11) is 0. The molecule has 1 saturated heterocycles. The molecule has 27 heavy (non-hydrogen) atoms. The van der Waals surface area contributed by atoms with Gasteiger partial charge in [-0.1, -0.05) is 74.6 Å². The zero-order valence-electron chi connectivity index (χ0n) is 15.2. The van der Waals surface area contributed by atoms with Crippen LogP contribution in [0.5, 0.6) is 0 Å². The first-order valence-electron chi connectivity index (χ1n) is 8.66. The van der Waals surface area contributed by atoms with Gasteiger partial charge in [0, 0.05) is 13.0 Å². The summed E-state index contributed by atoms with van der Waals surface area (Å²) in [6.07, 6.45) is 2.39. The Labute approximate surface area is 168 Å². The number of carboxylic acid groups (broad SMARTS) is 1. The van der Waals surface area contributed by atoms with Crippen LogP contribution in [0.4, 0.5) is 0 Å². The van der Waals surface area contributed by atoms with Gasteiger partial charge >= 0.3 is 5.97 Å². The van der Waals surface area contributed by atoms with Gasteiger partial charge in [-0.2, -0.15) is 0 Å². The van der Waals surface area contributed by atoms with E-state index in [-0.39, 0.29) is 24.8 Å². The van der Waals surface area contributed by atoms with Gasteiger partial charge in [0.05, 0.1) is 4.91 Å². The number of benzene rings is 1. The molecule has 0 bridgehead atoms. The predicted octanol–water partition coefficient (Wildman–Crippen LogP) is 2.89. The maximum absolute atomic E-state index is 12.5. The molecule has 144 valence electrons. The van der Waals surface area contributed by atoms with Crippen LogP contribution in [0.15, 0.2) is 35.2 Å². The molecule has 0 unspecified atom stereocenters. The van der Waals surface area contributed by atoms with E-state index in [1.165, 1.54) is 16.7 Å². The van der Waals surface area contributed by atoms with Crippen molar-refractivity contribution in [3.8, 4) is 0 Å². The highest BCUT2D eigenvalue weighted by molar-refractivity contribution is 8.26. The summed E-state index contributed by atoms with van der Waals surface area (Å²) in [6, 6.07) is 8.50. The van der Waals surface area contributed by atoms with Gasteiger partial charge in [0.15, 0.2) is 0 Å². The number of amides is 2. The number of hydrogen-bond acceptors (Lipinski definition) is 5. The van der Waals surface area contributed by atoms with E-state index in [0.29, 0.717) is 15.6 Å². The summed E-state index contributed by atoms with van der Waals surface area (Å²) in [6.45, 7) is 3.76. The molecule has 1 heterocycles. The van der Waals surface area contributed by atoms with Gasteiger partial charge < -0.3 is 10.4 Å². The van der Waals surface area contributed by atoms with E-state index in [1.54, 1.807) is 13.0 Å². The molecule has 0 radical (unpaired) electrons. The van der Waals surface area contributed by atoms with Crippen molar-refractivity contribution in [2.24, 2.45) is 5.92 Å². The third kappa shape index (κ3) is 5.64. The lowest BCUT2D eigenvalue weighted by Crippen LogP contribution is -2.46. The van der Waals surface area contributed by atoms with Crippen molar-refractivity contribution in [1.82, 2.24) is 10.2 Å². The lowest BCUT2D eigenvalue weighted by atomic mass is 9.99. The van der Waals surface area contributed by atoms with Crippen LogP contribution < -0.4 is 5.32 Å². The summed E-state index contributed by atoms with van der Waals surface area (Å²) in [5.74, 6) is -1.90. The Balaban J connectivity index is 1.96. The average Bonchev–Trinajstić information content (AvgIpc) is 2.91. The van der Waals surface area contributed by atoms with Gasteiger partial charge in [-0.15, -0.1) is 0 Å². The molecule has 2 rings (SSSR count). The molecule has 2 amide bonds. The molecule has 0 aliphatic carbocycles. The number of carbonyl (C=O) groups is 3. The van der Waals surface area contributed by atoms with Gasteiger partial charge in [-0.3, -0.25) is 14.5 Å². The molecule has 1 fully saturated rings. The smallest absolute Gasteiger partial charge is 0.326 e. The lowest BCUT2D eigenvalue weighted by molar-refractivity contribution is -0.143. The van der Waals surface area contributed by atoms with E-state index >= 15 is 0 Å². The lowest BCUT2D eigenvalue weighted by Gasteiger charge is -2.21. The normalized spacial score (nSPS) is 17.9. The second kappa shape index (κ2) is 9.66. The minimum atomic E-state index is -1.06. The van der Waals surface area contributed by atoms with E-state index in [4.69, 9.17) is 12.2 Å². The van der Waals surface area contributed by atoms with Crippen molar-refractivity contribution >= 4 is 52.2 Å². The Morgan fingerprint density at radius 3 is 2.59 bits per heavy atom. The number of carbonyl (C=O) groups excluding carboxylic acids is 2. The summed E-state index contributed by atoms with van der Waals surface area (Å²) < 4.78 is 0.395.